The monoisotopic (exact) mass is 304 g/mol. The van der Waals surface area contributed by atoms with Crippen LogP contribution in [-0.4, -0.2) is 21.8 Å². The third-order valence-electron chi connectivity index (χ3n) is 2.98. The maximum Gasteiger partial charge on any atom is 0.356 e. The Labute approximate surface area is 126 Å². The lowest BCUT2D eigenvalue weighted by Crippen LogP contribution is -2.03. The molecule has 0 unspecified atom stereocenters. The molecule has 1 aromatic heterocycles. The molecule has 0 saturated carbocycles. The minimum atomic E-state index is -1.19. The van der Waals surface area contributed by atoms with Crippen molar-refractivity contribution < 1.29 is 14.7 Å². The molecule has 0 atom stereocenters. The molecule has 21 heavy (non-hydrogen) atoms. The number of nitrogens with zero attached hydrogens (tertiary/aromatic N) is 1. The number of Topliss-reactive ketones (excluding diaryl/α,β-unsaturated/α-hetero) is 1. The predicted octanol–water partition coefficient (Wildman–Crippen LogP) is 3.91. The first-order valence-electron chi connectivity index (χ1n) is 6.50. The Kier molecular flexibility index (Phi) is 4.37. The van der Waals surface area contributed by atoms with Gasteiger partial charge in [-0.25, -0.2) is 9.78 Å². The van der Waals surface area contributed by atoms with Crippen LogP contribution in [0.15, 0.2) is 24.3 Å². The summed E-state index contributed by atoms with van der Waals surface area (Å²) in [6, 6.07) is 7.82. The summed E-state index contributed by atoms with van der Waals surface area (Å²) in [5.41, 5.74) is 1.82. The average Bonchev–Trinajstić information content (AvgIpc) is 2.83. The minimum absolute atomic E-state index is 0.156. The summed E-state index contributed by atoms with van der Waals surface area (Å²) in [4.78, 5) is 26.6. The van der Waals surface area contributed by atoms with Gasteiger partial charge in [0, 0.05) is 12.6 Å². The Morgan fingerprint density at radius 3 is 2.29 bits per heavy atom. The molecule has 0 bridgehead atoms. The number of thiazole rings is 1. The lowest BCUT2D eigenvalue weighted by atomic mass is 10.0. The van der Waals surface area contributed by atoms with Crippen LogP contribution in [0.25, 0.3) is 0 Å². The van der Waals surface area contributed by atoms with E-state index in [1.54, 1.807) is 0 Å². The van der Waals surface area contributed by atoms with Crippen LogP contribution in [0.2, 0.25) is 0 Å². The number of hydrogen-bond donors (Lipinski definition) is 2. The van der Waals surface area contributed by atoms with E-state index in [-0.39, 0.29) is 16.4 Å². The van der Waals surface area contributed by atoms with Crippen molar-refractivity contribution in [1.29, 1.82) is 0 Å². The fraction of sp³-hybridized carbons (Fsp3) is 0.267. The molecule has 0 saturated heterocycles. The molecule has 110 valence electrons. The highest BCUT2D eigenvalue weighted by Crippen LogP contribution is 2.27. The molecule has 1 aromatic carbocycles. The third-order valence-corrected chi connectivity index (χ3v) is 4.05. The fourth-order valence-corrected chi connectivity index (χ4v) is 2.70. The zero-order valence-electron chi connectivity index (χ0n) is 12.0. The van der Waals surface area contributed by atoms with E-state index in [0.29, 0.717) is 11.0 Å². The van der Waals surface area contributed by atoms with Crippen LogP contribution < -0.4 is 5.32 Å². The second kappa shape index (κ2) is 6.05. The van der Waals surface area contributed by atoms with Gasteiger partial charge in [-0.15, -0.1) is 0 Å². The SMILES string of the molecule is CC(=O)c1sc(Nc2ccc(C(C)C)cc2)nc1C(=O)O. The highest BCUT2D eigenvalue weighted by atomic mass is 32.1. The number of ketones is 1. The third kappa shape index (κ3) is 3.46. The smallest absolute Gasteiger partial charge is 0.356 e. The second-order valence-electron chi connectivity index (χ2n) is 4.96. The van der Waals surface area contributed by atoms with E-state index in [1.807, 2.05) is 24.3 Å². The van der Waals surface area contributed by atoms with Gasteiger partial charge in [-0.2, -0.15) is 0 Å². The van der Waals surface area contributed by atoms with Crippen LogP contribution in [0.1, 0.15) is 52.4 Å². The standard InChI is InChI=1S/C15H16N2O3S/c1-8(2)10-4-6-11(7-5-10)16-15-17-12(14(19)20)13(21-15)9(3)18/h4-8H,1-3H3,(H,16,17)(H,19,20). The van der Waals surface area contributed by atoms with Crippen molar-refractivity contribution in [3.8, 4) is 0 Å². The second-order valence-corrected chi connectivity index (χ2v) is 5.96. The number of aromatic carboxylic acids is 1. The molecule has 6 heteroatoms. The number of anilines is 2. The largest absolute Gasteiger partial charge is 0.476 e. The van der Waals surface area contributed by atoms with E-state index < -0.39 is 5.97 Å². The lowest BCUT2D eigenvalue weighted by molar-refractivity contribution is 0.0687. The molecule has 0 fully saturated rings. The van der Waals surface area contributed by atoms with E-state index in [2.05, 4.69) is 24.1 Å². The molecule has 2 aromatic rings. The van der Waals surface area contributed by atoms with Gasteiger partial charge in [0.15, 0.2) is 16.6 Å². The molecule has 0 spiro atoms. The van der Waals surface area contributed by atoms with Gasteiger partial charge in [0.1, 0.15) is 4.88 Å². The molecule has 0 aliphatic carbocycles. The Morgan fingerprint density at radius 2 is 1.86 bits per heavy atom. The number of carboxylic acid groups (broad SMARTS) is 1. The van der Waals surface area contributed by atoms with Crippen LogP contribution >= 0.6 is 11.3 Å². The highest BCUT2D eigenvalue weighted by molar-refractivity contribution is 7.17. The number of carbonyl (C=O) groups is 2. The molecular formula is C15H16N2O3S. The van der Waals surface area contributed by atoms with Gasteiger partial charge in [0.2, 0.25) is 0 Å². The number of carbonyl (C=O) groups excluding carboxylic acids is 1. The topological polar surface area (TPSA) is 79.3 Å². The van der Waals surface area contributed by atoms with Crippen molar-refractivity contribution in [1.82, 2.24) is 4.98 Å². The molecule has 0 aliphatic heterocycles. The Bertz CT molecular complexity index is 643. The van der Waals surface area contributed by atoms with Crippen molar-refractivity contribution in [3.63, 3.8) is 0 Å². The Hall–Kier alpha value is -2.21. The van der Waals surface area contributed by atoms with Gasteiger partial charge in [0.25, 0.3) is 0 Å². The molecule has 0 aliphatic rings. The van der Waals surface area contributed by atoms with Gasteiger partial charge in [0.05, 0.1) is 0 Å². The van der Waals surface area contributed by atoms with Crippen molar-refractivity contribution in [2.45, 2.75) is 26.7 Å². The molecule has 2 rings (SSSR count). The molecule has 2 N–H and O–H groups in total. The van der Waals surface area contributed by atoms with Crippen molar-refractivity contribution in [2.75, 3.05) is 5.32 Å². The lowest BCUT2D eigenvalue weighted by Gasteiger charge is -2.07. The zero-order valence-corrected chi connectivity index (χ0v) is 12.8. The first-order chi connectivity index (χ1) is 9.88. The fourth-order valence-electron chi connectivity index (χ4n) is 1.83. The summed E-state index contributed by atoms with van der Waals surface area (Å²) < 4.78 is 0. The normalized spacial score (nSPS) is 10.7. The van der Waals surface area contributed by atoms with Gasteiger partial charge < -0.3 is 10.4 Å². The van der Waals surface area contributed by atoms with Crippen LogP contribution in [-0.2, 0) is 0 Å². The molecule has 5 nitrogen and oxygen atoms in total. The molecule has 0 radical (unpaired) electrons. The average molecular weight is 304 g/mol. The number of carboxylic acids is 1. The molecular weight excluding hydrogens is 288 g/mol. The number of benzene rings is 1. The van der Waals surface area contributed by atoms with Gasteiger partial charge in [-0.05, 0) is 23.6 Å². The summed E-state index contributed by atoms with van der Waals surface area (Å²) in [5, 5.41) is 12.5. The van der Waals surface area contributed by atoms with Crippen molar-refractivity contribution >= 4 is 33.9 Å². The number of nitrogens with one attached hydrogen (secondary N) is 1. The van der Waals surface area contributed by atoms with Crippen molar-refractivity contribution in [2.24, 2.45) is 0 Å². The van der Waals surface area contributed by atoms with E-state index in [1.165, 1.54) is 12.5 Å². The van der Waals surface area contributed by atoms with Gasteiger partial charge >= 0.3 is 5.97 Å². The van der Waals surface area contributed by atoms with Crippen LogP contribution in [0.4, 0.5) is 10.8 Å². The quantitative estimate of drug-likeness (QED) is 0.819. The zero-order chi connectivity index (χ0) is 15.6. The summed E-state index contributed by atoms with van der Waals surface area (Å²) >= 11 is 1.05. The molecule has 1 heterocycles. The molecule has 0 amide bonds. The summed E-state index contributed by atoms with van der Waals surface area (Å²) in [6.45, 7) is 5.56. The van der Waals surface area contributed by atoms with E-state index in [9.17, 15) is 9.59 Å². The van der Waals surface area contributed by atoms with Crippen LogP contribution in [0.3, 0.4) is 0 Å². The van der Waals surface area contributed by atoms with Gasteiger partial charge in [-0.1, -0.05) is 37.3 Å². The Morgan fingerprint density at radius 1 is 1.24 bits per heavy atom. The number of rotatable bonds is 5. The number of hydrogen-bond acceptors (Lipinski definition) is 5. The maximum atomic E-state index is 11.4. The van der Waals surface area contributed by atoms with Crippen LogP contribution in [0.5, 0.6) is 0 Å². The van der Waals surface area contributed by atoms with Crippen LogP contribution in [0, 0.1) is 0 Å². The summed E-state index contributed by atoms with van der Waals surface area (Å²) in [7, 11) is 0. The Balaban J connectivity index is 2.25. The highest BCUT2D eigenvalue weighted by Gasteiger charge is 2.20. The minimum Gasteiger partial charge on any atom is -0.476 e. The van der Waals surface area contributed by atoms with Gasteiger partial charge in [-0.3, -0.25) is 4.79 Å². The maximum absolute atomic E-state index is 11.4. The van der Waals surface area contributed by atoms with E-state index in [4.69, 9.17) is 5.11 Å². The van der Waals surface area contributed by atoms with E-state index >= 15 is 0 Å². The predicted molar refractivity (Wildman–Crippen MR) is 82.9 cm³/mol. The van der Waals surface area contributed by atoms with Crippen molar-refractivity contribution in [3.05, 3.63) is 40.4 Å². The van der Waals surface area contributed by atoms with E-state index in [0.717, 1.165) is 17.0 Å². The summed E-state index contributed by atoms with van der Waals surface area (Å²) in [6.07, 6.45) is 0. The number of aromatic nitrogens is 1. The first kappa shape index (κ1) is 15.2. The first-order valence-corrected chi connectivity index (χ1v) is 7.32. The summed E-state index contributed by atoms with van der Waals surface area (Å²) in [5.74, 6) is -1.05.